The zero-order valence-electron chi connectivity index (χ0n) is 10.0. The summed E-state index contributed by atoms with van der Waals surface area (Å²) in [6.07, 6.45) is -0.472. The molecule has 98 valence electrons. The van der Waals surface area contributed by atoms with E-state index in [1.807, 2.05) is 24.3 Å². The maximum Gasteiger partial charge on any atom is 0.141 e. The van der Waals surface area contributed by atoms with Gasteiger partial charge in [0.2, 0.25) is 0 Å². The average molecular weight is 279 g/mol. The van der Waals surface area contributed by atoms with Crippen molar-refractivity contribution < 1.29 is 14.2 Å². The van der Waals surface area contributed by atoms with E-state index in [4.69, 9.17) is 16.3 Å². The molecule has 19 heavy (non-hydrogen) atoms. The van der Waals surface area contributed by atoms with Crippen LogP contribution in [-0.4, -0.2) is 5.11 Å². The van der Waals surface area contributed by atoms with Crippen molar-refractivity contribution >= 4 is 11.6 Å². The Morgan fingerprint density at radius 3 is 2.79 bits per heavy atom. The largest absolute Gasteiger partial charge is 0.485 e. The van der Waals surface area contributed by atoms with Crippen molar-refractivity contribution in [2.75, 3.05) is 0 Å². The normalized spacial score (nSPS) is 21.6. The quantitative estimate of drug-likeness (QED) is 0.853. The standard InChI is InChI=1S/C15H12ClFO2/c16-11-7-9(5-6-12(11)17)15-8-13(18)10-3-1-2-4-14(10)19-15/h1-7,13,15,18H,8H2. The summed E-state index contributed by atoms with van der Waals surface area (Å²) < 4.78 is 19.0. The fourth-order valence-electron chi connectivity index (χ4n) is 2.31. The Balaban J connectivity index is 1.94. The Kier molecular flexibility index (Phi) is 3.17. The van der Waals surface area contributed by atoms with Gasteiger partial charge >= 0.3 is 0 Å². The topological polar surface area (TPSA) is 29.5 Å². The van der Waals surface area contributed by atoms with Crippen molar-refractivity contribution in [3.8, 4) is 5.75 Å². The van der Waals surface area contributed by atoms with Crippen LogP contribution in [0.25, 0.3) is 0 Å². The SMILES string of the molecule is OC1CC(c2ccc(F)c(Cl)c2)Oc2ccccc21. The highest BCUT2D eigenvalue weighted by atomic mass is 35.5. The molecule has 0 aromatic heterocycles. The summed E-state index contributed by atoms with van der Waals surface area (Å²) in [6.45, 7) is 0. The summed E-state index contributed by atoms with van der Waals surface area (Å²) in [5, 5.41) is 10.2. The van der Waals surface area contributed by atoms with E-state index in [1.54, 1.807) is 12.1 Å². The molecule has 1 aliphatic rings. The van der Waals surface area contributed by atoms with Crippen molar-refractivity contribution in [3.63, 3.8) is 0 Å². The van der Waals surface area contributed by atoms with Crippen molar-refractivity contribution in [1.82, 2.24) is 0 Å². The summed E-state index contributed by atoms with van der Waals surface area (Å²) in [7, 11) is 0. The van der Waals surface area contributed by atoms with Gasteiger partial charge in [0.15, 0.2) is 0 Å². The molecule has 1 N–H and O–H groups in total. The maximum absolute atomic E-state index is 13.2. The van der Waals surface area contributed by atoms with Crippen LogP contribution in [0.3, 0.4) is 0 Å². The summed E-state index contributed by atoms with van der Waals surface area (Å²) in [5.74, 6) is 0.203. The molecule has 0 saturated carbocycles. The minimum absolute atomic E-state index is 0.0643. The number of rotatable bonds is 1. The molecular formula is C15H12ClFO2. The third-order valence-electron chi connectivity index (χ3n) is 3.30. The van der Waals surface area contributed by atoms with E-state index in [9.17, 15) is 9.50 Å². The molecule has 3 rings (SSSR count). The number of hydrogen-bond donors (Lipinski definition) is 1. The first-order valence-electron chi connectivity index (χ1n) is 6.04. The van der Waals surface area contributed by atoms with Gasteiger partial charge in [0.05, 0.1) is 11.1 Å². The first-order valence-corrected chi connectivity index (χ1v) is 6.41. The van der Waals surface area contributed by atoms with Crippen molar-refractivity contribution in [1.29, 1.82) is 0 Å². The number of aliphatic hydroxyl groups is 1. The van der Waals surface area contributed by atoms with Crippen LogP contribution in [0, 0.1) is 5.82 Å². The molecular weight excluding hydrogens is 267 g/mol. The maximum atomic E-state index is 13.2. The summed E-state index contributed by atoms with van der Waals surface area (Å²) in [5.41, 5.74) is 1.55. The van der Waals surface area contributed by atoms with Crippen LogP contribution in [0.2, 0.25) is 5.02 Å². The van der Waals surface area contributed by atoms with Crippen LogP contribution < -0.4 is 4.74 Å². The summed E-state index contributed by atoms with van der Waals surface area (Å²) >= 11 is 5.78. The number of benzene rings is 2. The highest BCUT2D eigenvalue weighted by Crippen LogP contribution is 2.40. The van der Waals surface area contributed by atoms with Crippen molar-refractivity contribution in [2.24, 2.45) is 0 Å². The van der Waals surface area contributed by atoms with E-state index in [-0.39, 0.29) is 11.1 Å². The molecule has 1 heterocycles. The number of halogens is 2. The second-order valence-corrected chi connectivity index (χ2v) is 4.98. The van der Waals surface area contributed by atoms with Gasteiger partial charge in [-0.05, 0) is 23.8 Å². The molecule has 0 spiro atoms. The molecule has 0 radical (unpaired) electrons. The number of fused-ring (bicyclic) bond motifs is 1. The lowest BCUT2D eigenvalue weighted by atomic mass is 9.95. The van der Waals surface area contributed by atoms with Gasteiger partial charge in [-0.2, -0.15) is 0 Å². The van der Waals surface area contributed by atoms with Gasteiger partial charge in [-0.3, -0.25) is 0 Å². The minimum atomic E-state index is -0.584. The van der Waals surface area contributed by atoms with Crippen LogP contribution in [0.4, 0.5) is 4.39 Å². The third-order valence-corrected chi connectivity index (χ3v) is 3.59. The van der Waals surface area contributed by atoms with Gasteiger partial charge in [0.25, 0.3) is 0 Å². The Morgan fingerprint density at radius 2 is 2.00 bits per heavy atom. The van der Waals surface area contributed by atoms with Gasteiger partial charge in [0.1, 0.15) is 17.7 Å². The van der Waals surface area contributed by atoms with Gasteiger partial charge in [-0.25, -0.2) is 4.39 Å². The fraction of sp³-hybridized carbons (Fsp3) is 0.200. The lowest BCUT2D eigenvalue weighted by Crippen LogP contribution is -2.18. The third kappa shape index (κ3) is 2.31. The molecule has 2 unspecified atom stereocenters. The van der Waals surface area contributed by atoms with Gasteiger partial charge in [-0.1, -0.05) is 35.9 Å². The second kappa shape index (κ2) is 4.83. The number of hydrogen-bond acceptors (Lipinski definition) is 2. The van der Waals surface area contributed by atoms with E-state index in [2.05, 4.69) is 0 Å². The Bertz CT molecular complexity index is 615. The first kappa shape index (κ1) is 12.5. The lowest BCUT2D eigenvalue weighted by molar-refractivity contribution is 0.0657. The highest BCUT2D eigenvalue weighted by Gasteiger charge is 2.27. The molecule has 2 aromatic rings. The predicted molar refractivity (Wildman–Crippen MR) is 70.8 cm³/mol. The Morgan fingerprint density at radius 1 is 1.21 bits per heavy atom. The number of para-hydroxylation sites is 1. The molecule has 2 nitrogen and oxygen atoms in total. The van der Waals surface area contributed by atoms with E-state index >= 15 is 0 Å². The number of ether oxygens (including phenoxy) is 1. The van der Waals surface area contributed by atoms with E-state index in [1.165, 1.54) is 6.07 Å². The summed E-state index contributed by atoms with van der Waals surface area (Å²) in [4.78, 5) is 0. The minimum Gasteiger partial charge on any atom is -0.485 e. The van der Waals surface area contributed by atoms with Gasteiger partial charge < -0.3 is 9.84 Å². The van der Waals surface area contributed by atoms with Crippen LogP contribution in [0.15, 0.2) is 42.5 Å². The van der Waals surface area contributed by atoms with E-state index in [0.717, 1.165) is 11.1 Å². The molecule has 2 aromatic carbocycles. The average Bonchev–Trinajstić information content (AvgIpc) is 2.42. The first-order chi connectivity index (χ1) is 9.15. The van der Waals surface area contributed by atoms with E-state index in [0.29, 0.717) is 12.2 Å². The monoisotopic (exact) mass is 278 g/mol. The second-order valence-electron chi connectivity index (χ2n) is 4.57. The lowest BCUT2D eigenvalue weighted by Gasteiger charge is -2.29. The molecule has 2 atom stereocenters. The summed E-state index contributed by atoms with van der Waals surface area (Å²) in [6, 6.07) is 11.9. The van der Waals surface area contributed by atoms with Crippen molar-refractivity contribution in [3.05, 3.63) is 64.4 Å². The molecule has 0 bridgehead atoms. The van der Waals surface area contributed by atoms with Gasteiger partial charge in [-0.15, -0.1) is 0 Å². The smallest absolute Gasteiger partial charge is 0.141 e. The fourth-order valence-corrected chi connectivity index (χ4v) is 2.50. The molecule has 0 fully saturated rings. The van der Waals surface area contributed by atoms with E-state index < -0.39 is 11.9 Å². The van der Waals surface area contributed by atoms with Crippen molar-refractivity contribution in [2.45, 2.75) is 18.6 Å². The zero-order chi connectivity index (χ0) is 13.4. The van der Waals surface area contributed by atoms with Crippen LogP contribution >= 0.6 is 11.6 Å². The zero-order valence-corrected chi connectivity index (χ0v) is 10.8. The van der Waals surface area contributed by atoms with Crippen LogP contribution in [0.1, 0.15) is 29.8 Å². The highest BCUT2D eigenvalue weighted by molar-refractivity contribution is 6.30. The molecule has 0 aliphatic carbocycles. The molecule has 4 heteroatoms. The van der Waals surface area contributed by atoms with Crippen LogP contribution in [-0.2, 0) is 0 Å². The molecule has 1 aliphatic heterocycles. The number of aliphatic hydroxyl groups excluding tert-OH is 1. The molecule has 0 saturated heterocycles. The van der Waals surface area contributed by atoms with Gasteiger partial charge in [0, 0.05) is 12.0 Å². The Labute approximate surface area is 115 Å². The molecule has 0 amide bonds. The van der Waals surface area contributed by atoms with Crippen LogP contribution in [0.5, 0.6) is 5.75 Å². The predicted octanol–water partition coefficient (Wildman–Crippen LogP) is 4.04. The Hall–Kier alpha value is -1.58.